The number of hydrogen-bond donors (Lipinski definition) is 0. The van der Waals surface area contributed by atoms with Gasteiger partial charge >= 0.3 is 0 Å². The van der Waals surface area contributed by atoms with Gasteiger partial charge in [0, 0.05) is 28.8 Å². The molecule has 4 aromatic carbocycles. The second-order valence-electron chi connectivity index (χ2n) is 7.93. The number of para-hydroxylation sites is 2. The molecular weight excluding hydrogens is 422 g/mol. The first-order valence-corrected chi connectivity index (χ1v) is 11.2. The molecule has 4 aromatic rings. The minimum Gasteiger partial charge on any atom is -0.493 e. The monoisotopic (exact) mass is 447 g/mol. The van der Waals surface area contributed by atoms with Crippen LogP contribution < -0.4 is 14.2 Å². The van der Waals surface area contributed by atoms with Crippen LogP contribution in [0.25, 0.3) is 5.76 Å². The first kappa shape index (κ1) is 21.5. The van der Waals surface area contributed by atoms with Crippen LogP contribution in [0.3, 0.4) is 0 Å². The highest BCUT2D eigenvalue weighted by atomic mass is 16.5. The third-order valence-corrected chi connectivity index (χ3v) is 5.90. The van der Waals surface area contributed by atoms with E-state index in [0.29, 0.717) is 11.5 Å². The summed E-state index contributed by atoms with van der Waals surface area (Å²) in [4.78, 5) is 4.81. The van der Waals surface area contributed by atoms with Crippen molar-refractivity contribution in [3.05, 3.63) is 125 Å². The molecule has 0 bridgehead atoms. The zero-order valence-corrected chi connectivity index (χ0v) is 19.1. The second-order valence-corrected chi connectivity index (χ2v) is 7.93. The summed E-state index contributed by atoms with van der Waals surface area (Å²) in [6.45, 7) is 0. The van der Waals surface area contributed by atoms with Crippen LogP contribution in [0.1, 0.15) is 22.6 Å². The first-order valence-electron chi connectivity index (χ1n) is 11.2. The number of nitrogens with zero attached hydrogens (tertiary/aromatic N) is 1. The Hall–Kier alpha value is -4.31. The summed E-state index contributed by atoms with van der Waals surface area (Å²) in [6, 6.07) is 34.4. The molecule has 0 spiro atoms. The molecule has 0 saturated heterocycles. The smallest absolute Gasteiger partial charge is 0.161 e. The lowest BCUT2D eigenvalue weighted by molar-refractivity contribution is 0.354. The molecule has 1 atom stereocenters. The molecule has 0 saturated carbocycles. The minimum atomic E-state index is -0.0401. The molecule has 4 heteroatoms. The summed E-state index contributed by atoms with van der Waals surface area (Å²) in [5.41, 5.74) is 5.02. The Labute approximate surface area is 199 Å². The van der Waals surface area contributed by atoms with Crippen molar-refractivity contribution in [2.24, 2.45) is 4.99 Å². The Kier molecular flexibility index (Phi) is 6.13. The number of methoxy groups -OCH3 is 2. The Morgan fingerprint density at radius 1 is 0.735 bits per heavy atom. The maximum atomic E-state index is 6.54. The van der Waals surface area contributed by atoms with Crippen molar-refractivity contribution in [3.8, 4) is 17.2 Å². The van der Waals surface area contributed by atoms with E-state index in [0.717, 1.165) is 33.9 Å². The van der Waals surface area contributed by atoms with Gasteiger partial charge in [-0.25, -0.2) is 0 Å². The van der Waals surface area contributed by atoms with Crippen molar-refractivity contribution >= 4 is 17.7 Å². The molecule has 5 rings (SSSR count). The van der Waals surface area contributed by atoms with E-state index < -0.39 is 0 Å². The Morgan fingerprint density at radius 3 is 2.15 bits per heavy atom. The van der Waals surface area contributed by atoms with Crippen LogP contribution in [0.4, 0.5) is 5.69 Å². The van der Waals surface area contributed by atoms with Crippen molar-refractivity contribution < 1.29 is 14.2 Å². The van der Waals surface area contributed by atoms with Gasteiger partial charge in [0.1, 0.15) is 11.5 Å². The fourth-order valence-corrected chi connectivity index (χ4v) is 4.28. The van der Waals surface area contributed by atoms with Gasteiger partial charge in [-0.1, -0.05) is 66.7 Å². The van der Waals surface area contributed by atoms with Crippen LogP contribution in [0, 0.1) is 0 Å². The number of allylic oxidation sites excluding steroid dienone is 1. The number of ether oxygens (including phenoxy) is 3. The third kappa shape index (κ3) is 4.18. The molecule has 0 amide bonds. The van der Waals surface area contributed by atoms with E-state index in [1.165, 1.54) is 5.56 Å². The Bertz CT molecular complexity index is 1340. The SMILES string of the molecule is COc1ccc(C2=C(C=Nc3ccccc3)[C@H](c3ccccc3)c3ccccc3O2)cc1OC. The largest absolute Gasteiger partial charge is 0.493 e. The van der Waals surface area contributed by atoms with E-state index in [1.807, 2.05) is 79.0 Å². The van der Waals surface area contributed by atoms with Crippen molar-refractivity contribution in [3.63, 3.8) is 0 Å². The summed E-state index contributed by atoms with van der Waals surface area (Å²) < 4.78 is 17.6. The molecule has 0 N–H and O–H groups in total. The zero-order valence-electron chi connectivity index (χ0n) is 19.1. The van der Waals surface area contributed by atoms with E-state index in [9.17, 15) is 0 Å². The highest BCUT2D eigenvalue weighted by Gasteiger charge is 2.31. The van der Waals surface area contributed by atoms with Crippen LogP contribution in [0.2, 0.25) is 0 Å². The molecule has 34 heavy (non-hydrogen) atoms. The quantitative estimate of drug-likeness (QED) is 0.298. The van der Waals surface area contributed by atoms with Gasteiger partial charge in [-0.05, 0) is 42.0 Å². The lowest BCUT2D eigenvalue weighted by atomic mass is 9.81. The van der Waals surface area contributed by atoms with Crippen LogP contribution in [-0.4, -0.2) is 20.4 Å². The van der Waals surface area contributed by atoms with Gasteiger partial charge in [0.2, 0.25) is 0 Å². The third-order valence-electron chi connectivity index (χ3n) is 5.90. The molecular formula is C30H25NO3. The predicted molar refractivity (Wildman–Crippen MR) is 136 cm³/mol. The lowest BCUT2D eigenvalue weighted by Gasteiger charge is -2.30. The van der Waals surface area contributed by atoms with Gasteiger partial charge in [-0.15, -0.1) is 0 Å². The number of benzene rings is 4. The van der Waals surface area contributed by atoms with Crippen LogP contribution in [0.15, 0.2) is 114 Å². The molecule has 1 aliphatic rings. The fourth-order valence-electron chi connectivity index (χ4n) is 4.28. The number of hydrogen-bond acceptors (Lipinski definition) is 4. The van der Waals surface area contributed by atoms with E-state index in [1.54, 1.807) is 14.2 Å². The van der Waals surface area contributed by atoms with E-state index in [4.69, 9.17) is 19.2 Å². The second kappa shape index (κ2) is 9.67. The first-order chi connectivity index (χ1) is 16.8. The molecule has 0 unspecified atom stereocenters. The average molecular weight is 448 g/mol. The highest BCUT2D eigenvalue weighted by molar-refractivity contribution is 5.95. The Morgan fingerprint density at radius 2 is 1.41 bits per heavy atom. The summed E-state index contributed by atoms with van der Waals surface area (Å²) in [6.07, 6.45) is 1.93. The minimum absolute atomic E-state index is 0.0401. The maximum Gasteiger partial charge on any atom is 0.161 e. The normalized spacial score (nSPS) is 15.1. The van der Waals surface area contributed by atoms with E-state index >= 15 is 0 Å². The van der Waals surface area contributed by atoms with Crippen molar-refractivity contribution in [2.75, 3.05) is 14.2 Å². The van der Waals surface area contributed by atoms with Crippen molar-refractivity contribution in [1.82, 2.24) is 0 Å². The van der Waals surface area contributed by atoms with Gasteiger partial charge in [0.15, 0.2) is 11.5 Å². The molecule has 0 aromatic heterocycles. The number of fused-ring (bicyclic) bond motifs is 1. The lowest BCUT2D eigenvalue weighted by Crippen LogP contribution is -2.17. The van der Waals surface area contributed by atoms with Crippen LogP contribution in [0.5, 0.6) is 17.2 Å². The maximum absolute atomic E-state index is 6.54. The molecule has 0 aliphatic carbocycles. The molecule has 0 fully saturated rings. The van der Waals surface area contributed by atoms with Gasteiger partial charge < -0.3 is 14.2 Å². The summed E-state index contributed by atoms with van der Waals surface area (Å²) >= 11 is 0. The van der Waals surface area contributed by atoms with Crippen LogP contribution in [-0.2, 0) is 0 Å². The molecule has 0 radical (unpaired) electrons. The van der Waals surface area contributed by atoms with Gasteiger partial charge in [-0.2, -0.15) is 0 Å². The highest BCUT2D eigenvalue weighted by Crippen LogP contribution is 2.46. The van der Waals surface area contributed by atoms with Crippen molar-refractivity contribution in [1.29, 1.82) is 0 Å². The van der Waals surface area contributed by atoms with Crippen LogP contribution >= 0.6 is 0 Å². The molecule has 168 valence electrons. The van der Waals surface area contributed by atoms with Crippen molar-refractivity contribution in [2.45, 2.75) is 5.92 Å². The fraction of sp³-hybridized carbons (Fsp3) is 0.100. The number of rotatable bonds is 6. The molecule has 1 heterocycles. The molecule has 1 aliphatic heterocycles. The Balaban J connectivity index is 1.74. The topological polar surface area (TPSA) is 40.0 Å². The van der Waals surface area contributed by atoms with Gasteiger partial charge in [0.05, 0.1) is 19.9 Å². The standard InChI is InChI=1S/C30H25NO3/c1-32-27-18-17-22(19-28(27)33-2)30-25(20-31-23-13-7-4-8-14-23)29(21-11-5-3-6-12-21)24-15-9-10-16-26(24)34-30/h3-20,29H,1-2H3/t29-/m1/s1. The zero-order chi connectivity index (χ0) is 23.3. The van der Waals surface area contributed by atoms with E-state index in [2.05, 4.69) is 30.3 Å². The summed E-state index contributed by atoms with van der Waals surface area (Å²) in [7, 11) is 3.27. The molecule has 4 nitrogen and oxygen atoms in total. The number of aliphatic imine (C=N–C) groups is 1. The average Bonchev–Trinajstić information content (AvgIpc) is 2.91. The van der Waals surface area contributed by atoms with E-state index in [-0.39, 0.29) is 5.92 Å². The summed E-state index contributed by atoms with van der Waals surface area (Å²) in [5, 5.41) is 0. The van der Waals surface area contributed by atoms with Gasteiger partial charge in [-0.3, -0.25) is 4.99 Å². The predicted octanol–water partition coefficient (Wildman–Crippen LogP) is 7.04. The van der Waals surface area contributed by atoms with Gasteiger partial charge in [0.25, 0.3) is 0 Å². The summed E-state index contributed by atoms with van der Waals surface area (Å²) in [5.74, 6) is 2.85.